The van der Waals surface area contributed by atoms with Crippen molar-refractivity contribution in [2.24, 2.45) is 5.73 Å². The largest absolute Gasteiger partial charge is 0.496 e. The summed E-state index contributed by atoms with van der Waals surface area (Å²) in [6, 6.07) is 16.5. The molecule has 0 fully saturated rings. The summed E-state index contributed by atoms with van der Waals surface area (Å²) in [6.45, 7) is 4.14. The summed E-state index contributed by atoms with van der Waals surface area (Å²) in [4.78, 5) is 0. The molecule has 0 aliphatic rings. The van der Waals surface area contributed by atoms with Gasteiger partial charge in [0.2, 0.25) is 0 Å². The molecule has 2 N–H and O–H groups in total. The Morgan fingerprint density at radius 2 is 1.68 bits per heavy atom. The number of hydrogen-bond acceptors (Lipinski definition) is 2. The lowest BCUT2D eigenvalue weighted by Crippen LogP contribution is -2.35. The number of nitrogens with two attached hydrogens (primary N) is 1. The summed E-state index contributed by atoms with van der Waals surface area (Å²) in [6.07, 6.45) is 0.785. The molecule has 0 radical (unpaired) electrons. The van der Waals surface area contributed by atoms with Crippen LogP contribution in [0.25, 0.3) is 0 Å². The van der Waals surface area contributed by atoms with Crippen LogP contribution in [0.4, 0.5) is 0 Å². The normalized spacial score (nSPS) is 13.9. The van der Waals surface area contributed by atoms with Crippen LogP contribution in [0.5, 0.6) is 5.75 Å². The molecule has 1 atom stereocenters. The van der Waals surface area contributed by atoms with E-state index >= 15 is 0 Å². The zero-order valence-electron chi connectivity index (χ0n) is 11.8. The maximum Gasteiger partial charge on any atom is 0.123 e. The molecule has 0 spiro atoms. The Hall–Kier alpha value is -1.80. The predicted octanol–water partition coefficient (Wildman–Crippen LogP) is 3.42. The Labute approximate surface area is 115 Å². The fraction of sp³-hybridized carbons (Fsp3) is 0.294. The Morgan fingerprint density at radius 3 is 2.32 bits per heavy atom. The molecular weight excluding hydrogens is 234 g/mol. The molecule has 19 heavy (non-hydrogen) atoms. The van der Waals surface area contributed by atoms with Crippen molar-refractivity contribution < 1.29 is 4.74 Å². The first-order valence-corrected chi connectivity index (χ1v) is 6.51. The van der Waals surface area contributed by atoms with E-state index in [9.17, 15) is 0 Å². The monoisotopic (exact) mass is 255 g/mol. The van der Waals surface area contributed by atoms with Gasteiger partial charge in [-0.2, -0.15) is 0 Å². The van der Waals surface area contributed by atoms with Crippen LogP contribution in [0.15, 0.2) is 48.5 Å². The Balaban J connectivity index is 2.29. The number of para-hydroxylation sites is 1. The second kappa shape index (κ2) is 5.45. The Kier molecular flexibility index (Phi) is 3.91. The van der Waals surface area contributed by atoms with Crippen molar-refractivity contribution in [3.05, 3.63) is 65.2 Å². The van der Waals surface area contributed by atoms with Gasteiger partial charge < -0.3 is 10.5 Å². The van der Waals surface area contributed by atoms with E-state index in [1.807, 2.05) is 31.2 Å². The first kappa shape index (κ1) is 13.6. The highest BCUT2D eigenvalue weighted by Crippen LogP contribution is 2.30. The van der Waals surface area contributed by atoms with Gasteiger partial charge in [-0.3, -0.25) is 0 Å². The molecule has 2 nitrogen and oxygen atoms in total. The van der Waals surface area contributed by atoms with E-state index < -0.39 is 5.54 Å². The van der Waals surface area contributed by atoms with E-state index in [2.05, 4.69) is 31.2 Å². The van der Waals surface area contributed by atoms with Gasteiger partial charge in [0, 0.05) is 11.1 Å². The van der Waals surface area contributed by atoms with Crippen molar-refractivity contribution in [2.45, 2.75) is 25.8 Å². The molecule has 2 heteroatoms. The molecule has 0 aliphatic heterocycles. The third-order valence-electron chi connectivity index (χ3n) is 3.41. The standard InChI is InChI=1S/C17H21NO/c1-13-8-10-14(11-9-13)12-17(2,18)15-6-4-5-7-16(15)19-3/h4-11H,12,18H2,1-3H3. The summed E-state index contributed by atoms with van der Waals surface area (Å²) in [5, 5.41) is 0. The molecule has 2 aromatic rings. The maximum atomic E-state index is 6.50. The maximum absolute atomic E-state index is 6.50. The molecule has 0 aliphatic carbocycles. The zero-order valence-corrected chi connectivity index (χ0v) is 11.8. The summed E-state index contributed by atoms with van der Waals surface area (Å²) >= 11 is 0. The van der Waals surface area contributed by atoms with Gasteiger partial charge in [-0.15, -0.1) is 0 Å². The van der Waals surface area contributed by atoms with Gasteiger partial charge in [0.25, 0.3) is 0 Å². The lowest BCUT2D eigenvalue weighted by atomic mass is 9.86. The van der Waals surface area contributed by atoms with Crippen LogP contribution in [0.2, 0.25) is 0 Å². The number of ether oxygens (including phenoxy) is 1. The van der Waals surface area contributed by atoms with Gasteiger partial charge in [0.05, 0.1) is 7.11 Å². The van der Waals surface area contributed by atoms with Gasteiger partial charge in [-0.1, -0.05) is 48.0 Å². The fourth-order valence-corrected chi connectivity index (χ4v) is 2.34. The molecular formula is C17H21NO. The van der Waals surface area contributed by atoms with Crippen molar-refractivity contribution in [1.29, 1.82) is 0 Å². The lowest BCUT2D eigenvalue weighted by molar-refractivity contribution is 0.386. The molecule has 0 aromatic heterocycles. The predicted molar refractivity (Wildman–Crippen MR) is 79.4 cm³/mol. The fourth-order valence-electron chi connectivity index (χ4n) is 2.34. The molecule has 0 amide bonds. The lowest BCUT2D eigenvalue weighted by Gasteiger charge is -2.27. The van der Waals surface area contributed by atoms with Crippen LogP contribution in [-0.2, 0) is 12.0 Å². The summed E-state index contributed by atoms with van der Waals surface area (Å²) < 4.78 is 5.41. The van der Waals surface area contributed by atoms with Gasteiger partial charge in [0.1, 0.15) is 5.75 Å². The Bertz CT molecular complexity index is 543. The highest BCUT2D eigenvalue weighted by molar-refractivity contribution is 5.40. The number of benzene rings is 2. The van der Waals surface area contributed by atoms with E-state index in [0.29, 0.717) is 0 Å². The molecule has 0 saturated carbocycles. The highest BCUT2D eigenvalue weighted by atomic mass is 16.5. The van der Waals surface area contributed by atoms with Crippen molar-refractivity contribution >= 4 is 0 Å². The van der Waals surface area contributed by atoms with Crippen molar-refractivity contribution in [2.75, 3.05) is 7.11 Å². The van der Waals surface area contributed by atoms with Crippen molar-refractivity contribution in [3.63, 3.8) is 0 Å². The average molecular weight is 255 g/mol. The third-order valence-corrected chi connectivity index (χ3v) is 3.41. The molecule has 0 saturated heterocycles. The molecule has 0 bridgehead atoms. The number of hydrogen-bond donors (Lipinski definition) is 1. The number of rotatable bonds is 4. The minimum absolute atomic E-state index is 0.443. The van der Waals surface area contributed by atoms with Crippen LogP contribution in [0, 0.1) is 6.92 Å². The quantitative estimate of drug-likeness (QED) is 0.908. The number of aryl methyl sites for hydroxylation is 1. The van der Waals surface area contributed by atoms with E-state index in [4.69, 9.17) is 10.5 Å². The van der Waals surface area contributed by atoms with Crippen LogP contribution >= 0.6 is 0 Å². The van der Waals surface area contributed by atoms with Crippen LogP contribution in [-0.4, -0.2) is 7.11 Å². The minimum Gasteiger partial charge on any atom is -0.496 e. The van der Waals surface area contributed by atoms with Crippen molar-refractivity contribution in [1.82, 2.24) is 0 Å². The summed E-state index contributed by atoms with van der Waals surface area (Å²) in [5.74, 6) is 0.847. The summed E-state index contributed by atoms with van der Waals surface area (Å²) in [7, 11) is 1.68. The molecule has 0 heterocycles. The van der Waals surface area contributed by atoms with E-state index in [1.165, 1.54) is 11.1 Å². The SMILES string of the molecule is COc1ccccc1C(C)(N)Cc1ccc(C)cc1. The van der Waals surface area contributed by atoms with Gasteiger partial charge in [0.15, 0.2) is 0 Å². The zero-order chi connectivity index (χ0) is 13.9. The molecule has 1 unspecified atom stereocenters. The molecule has 2 aromatic carbocycles. The first-order chi connectivity index (χ1) is 9.03. The summed E-state index contributed by atoms with van der Waals surface area (Å²) in [5.41, 5.74) is 9.60. The van der Waals surface area contributed by atoms with Gasteiger partial charge in [-0.05, 0) is 31.9 Å². The second-order valence-electron chi connectivity index (χ2n) is 5.28. The second-order valence-corrected chi connectivity index (χ2v) is 5.28. The highest BCUT2D eigenvalue weighted by Gasteiger charge is 2.25. The van der Waals surface area contributed by atoms with Gasteiger partial charge >= 0.3 is 0 Å². The average Bonchev–Trinajstić information content (AvgIpc) is 2.41. The van der Waals surface area contributed by atoms with Crippen LogP contribution in [0.3, 0.4) is 0 Å². The smallest absolute Gasteiger partial charge is 0.123 e. The molecule has 2 rings (SSSR count). The van der Waals surface area contributed by atoms with Crippen molar-refractivity contribution in [3.8, 4) is 5.75 Å². The van der Waals surface area contributed by atoms with Crippen LogP contribution in [0.1, 0.15) is 23.6 Å². The number of methoxy groups -OCH3 is 1. The van der Waals surface area contributed by atoms with E-state index in [1.54, 1.807) is 7.11 Å². The third kappa shape index (κ3) is 3.15. The Morgan fingerprint density at radius 1 is 1.05 bits per heavy atom. The van der Waals surface area contributed by atoms with Crippen LogP contribution < -0.4 is 10.5 Å². The van der Waals surface area contributed by atoms with Gasteiger partial charge in [-0.25, -0.2) is 0 Å². The molecule has 100 valence electrons. The topological polar surface area (TPSA) is 35.2 Å². The minimum atomic E-state index is -0.443. The van der Waals surface area contributed by atoms with E-state index in [-0.39, 0.29) is 0 Å². The first-order valence-electron chi connectivity index (χ1n) is 6.51. The van der Waals surface area contributed by atoms with E-state index in [0.717, 1.165) is 17.7 Å².